The van der Waals surface area contributed by atoms with Gasteiger partial charge in [-0.25, -0.2) is 0 Å². The van der Waals surface area contributed by atoms with Gasteiger partial charge in [0.15, 0.2) is 0 Å². The van der Waals surface area contributed by atoms with E-state index in [0.29, 0.717) is 13.2 Å². The van der Waals surface area contributed by atoms with E-state index >= 15 is 0 Å². The summed E-state index contributed by atoms with van der Waals surface area (Å²) >= 11 is 0. The van der Waals surface area contributed by atoms with Crippen molar-refractivity contribution in [2.24, 2.45) is 5.92 Å². The highest BCUT2D eigenvalue weighted by Gasteiger charge is 2.21. The number of nitrogens with one attached hydrogen (secondary N) is 2. The van der Waals surface area contributed by atoms with Gasteiger partial charge in [-0.05, 0) is 63.2 Å². The monoisotopic (exact) mass is 359 g/mol. The maximum atomic E-state index is 12.0. The molecule has 2 aliphatic rings. The molecule has 0 aliphatic carbocycles. The highest BCUT2D eigenvalue weighted by molar-refractivity contribution is 5.81. The molecule has 5 nitrogen and oxygen atoms in total. The van der Waals surface area contributed by atoms with Crippen molar-refractivity contribution in [3.8, 4) is 0 Å². The summed E-state index contributed by atoms with van der Waals surface area (Å²) in [6, 6.07) is 10.7. The number of carbonyl (C=O) groups excluding carboxylic acids is 1. The number of benzene rings is 1. The van der Waals surface area contributed by atoms with Gasteiger partial charge in [-0.1, -0.05) is 30.3 Å². The largest absolute Gasteiger partial charge is 0.378 e. The molecule has 0 saturated carbocycles. The van der Waals surface area contributed by atoms with E-state index in [0.717, 1.165) is 38.4 Å². The van der Waals surface area contributed by atoms with Crippen molar-refractivity contribution in [3.05, 3.63) is 35.9 Å². The first kappa shape index (κ1) is 19.3. The average molecular weight is 360 g/mol. The van der Waals surface area contributed by atoms with Gasteiger partial charge in [-0.3, -0.25) is 4.79 Å². The summed E-state index contributed by atoms with van der Waals surface area (Å²) in [6.45, 7) is 6.30. The van der Waals surface area contributed by atoms with E-state index in [1.807, 2.05) is 0 Å². The molecule has 5 heteroatoms. The zero-order chi connectivity index (χ0) is 18.0. The third-order valence-corrected chi connectivity index (χ3v) is 5.51. The third kappa shape index (κ3) is 6.38. The molecule has 1 atom stereocenters. The lowest BCUT2D eigenvalue weighted by Gasteiger charge is -2.32. The highest BCUT2D eigenvalue weighted by Crippen LogP contribution is 2.21. The number of likely N-dealkylation sites (tertiary alicyclic amines) is 1. The topological polar surface area (TPSA) is 53.6 Å². The summed E-state index contributed by atoms with van der Waals surface area (Å²) in [5.74, 6) is 0.907. The van der Waals surface area contributed by atoms with E-state index in [4.69, 9.17) is 4.74 Å². The van der Waals surface area contributed by atoms with Gasteiger partial charge in [-0.2, -0.15) is 0 Å². The van der Waals surface area contributed by atoms with Crippen LogP contribution in [0, 0.1) is 5.92 Å². The van der Waals surface area contributed by atoms with Crippen LogP contribution in [0.5, 0.6) is 0 Å². The molecule has 0 radical (unpaired) electrons. The number of carbonyl (C=O) groups is 1. The second-order valence-electron chi connectivity index (χ2n) is 7.55. The number of nitrogens with zero attached hydrogens (tertiary/aromatic N) is 1. The van der Waals surface area contributed by atoms with E-state index in [1.54, 1.807) is 0 Å². The van der Waals surface area contributed by atoms with Crippen molar-refractivity contribution in [2.45, 2.75) is 38.1 Å². The number of piperidine rings is 1. The summed E-state index contributed by atoms with van der Waals surface area (Å²) < 4.78 is 5.33. The lowest BCUT2D eigenvalue weighted by molar-refractivity contribution is -0.125. The minimum atomic E-state index is -0.174. The van der Waals surface area contributed by atoms with Gasteiger partial charge >= 0.3 is 0 Å². The third-order valence-electron chi connectivity index (χ3n) is 5.51. The van der Waals surface area contributed by atoms with Gasteiger partial charge < -0.3 is 20.3 Å². The molecule has 1 aromatic carbocycles. The molecule has 2 saturated heterocycles. The molecule has 144 valence electrons. The van der Waals surface area contributed by atoms with Crippen LogP contribution in [0.25, 0.3) is 0 Å². The Bertz CT molecular complexity index is 523. The Hall–Kier alpha value is -1.43. The first-order valence-corrected chi connectivity index (χ1v) is 10.2. The van der Waals surface area contributed by atoms with Crippen molar-refractivity contribution in [3.63, 3.8) is 0 Å². The Labute approximate surface area is 157 Å². The Kier molecular flexibility index (Phi) is 7.92. The second kappa shape index (κ2) is 10.7. The molecule has 1 unspecified atom stereocenters. The predicted molar refractivity (Wildman–Crippen MR) is 104 cm³/mol. The lowest BCUT2D eigenvalue weighted by Crippen LogP contribution is -2.51. The van der Waals surface area contributed by atoms with Crippen molar-refractivity contribution in [1.82, 2.24) is 15.5 Å². The summed E-state index contributed by atoms with van der Waals surface area (Å²) in [5, 5.41) is 6.21. The van der Waals surface area contributed by atoms with Crippen molar-refractivity contribution < 1.29 is 9.53 Å². The Balaban J connectivity index is 1.22. The van der Waals surface area contributed by atoms with Crippen LogP contribution in [0.4, 0.5) is 0 Å². The Morgan fingerprint density at radius 1 is 1.19 bits per heavy atom. The zero-order valence-corrected chi connectivity index (χ0v) is 15.8. The minimum absolute atomic E-state index is 0.0754. The Morgan fingerprint density at radius 3 is 2.73 bits per heavy atom. The fourth-order valence-corrected chi connectivity index (χ4v) is 3.89. The average Bonchev–Trinajstić information content (AvgIpc) is 2.70. The van der Waals surface area contributed by atoms with Crippen LogP contribution < -0.4 is 10.6 Å². The number of ether oxygens (including phenoxy) is 1. The van der Waals surface area contributed by atoms with Gasteiger partial charge in [-0.15, -0.1) is 0 Å². The lowest BCUT2D eigenvalue weighted by atomic mass is 9.90. The van der Waals surface area contributed by atoms with E-state index < -0.39 is 0 Å². The summed E-state index contributed by atoms with van der Waals surface area (Å²) in [7, 11) is 0. The van der Waals surface area contributed by atoms with E-state index in [-0.39, 0.29) is 11.9 Å². The normalized spacial score (nSPS) is 22.2. The number of amides is 1. The molecule has 1 aromatic rings. The molecule has 0 spiro atoms. The molecule has 3 rings (SSSR count). The SMILES string of the molecule is O=C(NCCCCN1CCC(Cc2ccccc2)CC1)C1COCCN1. The van der Waals surface area contributed by atoms with Crippen LogP contribution in [-0.2, 0) is 16.0 Å². The summed E-state index contributed by atoms with van der Waals surface area (Å²) in [5.41, 5.74) is 1.47. The van der Waals surface area contributed by atoms with Crippen LogP contribution in [0.3, 0.4) is 0 Å². The van der Waals surface area contributed by atoms with Crippen molar-refractivity contribution >= 4 is 5.91 Å². The molecule has 1 amide bonds. The number of unbranched alkanes of at least 4 members (excludes halogenated alkanes) is 1. The first-order valence-electron chi connectivity index (χ1n) is 10.2. The van der Waals surface area contributed by atoms with Crippen LogP contribution in [0.2, 0.25) is 0 Å². The number of morpholine rings is 1. The molecule has 0 bridgehead atoms. The fraction of sp³-hybridized carbons (Fsp3) is 0.667. The summed E-state index contributed by atoms with van der Waals surface area (Å²) in [4.78, 5) is 14.6. The minimum Gasteiger partial charge on any atom is -0.378 e. The van der Waals surface area contributed by atoms with E-state index in [2.05, 4.69) is 45.9 Å². The predicted octanol–water partition coefficient (Wildman–Crippen LogP) is 1.83. The quantitative estimate of drug-likeness (QED) is 0.696. The zero-order valence-electron chi connectivity index (χ0n) is 15.8. The second-order valence-corrected chi connectivity index (χ2v) is 7.55. The fourth-order valence-electron chi connectivity index (χ4n) is 3.89. The van der Waals surface area contributed by atoms with Gasteiger partial charge in [0.2, 0.25) is 5.91 Å². The number of hydrogen-bond acceptors (Lipinski definition) is 4. The first-order chi connectivity index (χ1) is 12.8. The van der Waals surface area contributed by atoms with Gasteiger partial charge in [0, 0.05) is 13.1 Å². The Morgan fingerprint density at radius 2 is 2.00 bits per heavy atom. The van der Waals surface area contributed by atoms with Crippen molar-refractivity contribution in [1.29, 1.82) is 0 Å². The molecular weight excluding hydrogens is 326 g/mol. The smallest absolute Gasteiger partial charge is 0.239 e. The summed E-state index contributed by atoms with van der Waals surface area (Å²) in [6.07, 6.45) is 6.03. The van der Waals surface area contributed by atoms with Gasteiger partial charge in [0.25, 0.3) is 0 Å². The van der Waals surface area contributed by atoms with Gasteiger partial charge in [0.1, 0.15) is 6.04 Å². The molecule has 2 aliphatic heterocycles. The van der Waals surface area contributed by atoms with Crippen molar-refractivity contribution in [2.75, 3.05) is 45.9 Å². The molecule has 26 heavy (non-hydrogen) atoms. The maximum Gasteiger partial charge on any atom is 0.239 e. The van der Waals surface area contributed by atoms with Crippen LogP contribution >= 0.6 is 0 Å². The van der Waals surface area contributed by atoms with Crippen LogP contribution in [0.1, 0.15) is 31.2 Å². The molecule has 2 heterocycles. The number of rotatable bonds is 8. The maximum absolute atomic E-state index is 12.0. The molecule has 0 aromatic heterocycles. The van der Waals surface area contributed by atoms with E-state index in [9.17, 15) is 4.79 Å². The van der Waals surface area contributed by atoms with E-state index in [1.165, 1.54) is 37.9 Å². The highest BCUT2D eigenvalue weighted by atomic mass is 16.5. The molecule has 2 N–H and O–H groups in total. The molecule has 2 fully saturated rings. The standard InChI is InChI=1S/C21H33N3O2/c25-21(20-17-26-15-11-22-20)23-10-4-5-12-24-13-8-19(9-14-24)16-18-6-2-1-3-7-18/h1-3,6-7,19-20,22H,4-5,8-17H2,(H,23,25). The number of hydrogen-bond donors (Lipinski definition) is 2. The van der Waals surface area contributed by atoms with Crippen LogP contribution in [-0.4, -0.2) is 62.8 Å². The van der Waals surface area contributed by atoms with Gasteiger partial charge in [0.05, 0.1) is 13.2 Å². The van der Waals surface area contributed by atoms with Crippen LogP contribution in [0.15, 0.2) is 30.3 Å². The molecular formula is C21H33N3O2.